The number of nitrogens with zero attached hydrogens (tertiary/aromatic N) is 4. The van der Waals surface area contributed by atoms with Gasteiger partial charge in [-0.15, -0.1) is 21.5 Å². The number of aromatic nitrogens is 3. The summed E-state index contributed by atoms with van der Waals surface area (Å²) in [7, 11) is 0. The third kappa shape index (κ3) is 2.53. The van der Waals surface area contributed by atoms with Crippen LogP contribution in [0.3, 0.4) is 0 Å². The molecule has 7 nitrogen and oxygen atoms in total. The van der Waals surface area contributed by atoms with Crippen LogP contribution in [0.25, 0.3) is 0 Å². The van der Waals surface area contributed by atoms with E-state index in [1.165, 1.54) is 21.7 Å². The van der Waals surface area contributed by atoms with Crippen LogP contribution in [0, 0.1) is 0 Å². The van der Waals surface area contributed by atoms with Crippen molar-refractivity contribution in [3.63, 3.8) is 0 Å². The number of aliphatic hydroxyl groups excluding tert-OH is 1. The lowest BCUT2D eigenvalue weighted by Gasteiger charge is -2.23. The van der Waals surface area contributed by atoms with Crippen molar-refractivity contribution >= 4 is 39.5 Å². The van der Waals surface area contributed by atoms with Crippen molar-refractivity contribution < 1.29 is 14.7 Å². The smallest absolute Gasteiger partial charge is 0.296 e. The van der Waals surface area contributed by atoms with E-state index >= 15 is 0 Å². The van der Waals surface area contributed by atoms with Crippen LogP contribution in [0.4, 0.5) is 5.13 Å². The molecule has 0 aromatic carbocycles. The van der Waals surface area contributed by atoms with Gasteiger partial charge in [-0.05, 0) is 23.1 Å². The maximum absolute atomic E-state index is 12.9. The number of hydrogen-bond acceptors (Lipinski definition) is 8. The van der Waals surface area contributed by atoms with Gasteiger partial charge in [-0.1, -0.05) is 23.5 Å². The molecule has 3 aromatic rings. The monoisotopic (exact) mass is 370 g/mol. The van der Waals surface area contributed by atoms with Crippen LogP contribution in [0.1, 0.15) is 21.3 Å². The van der Waals surface area contributed by atoms with Crippen LogP contribution < -0.4 is 4.90 Å². The van der Waals surface area contributed by atoms with Crippen LogP contribution in [0.5, 0.6) is 0 Å². The van der Waals surface area contributed by atoms with Crippen LogP contribution >= 0.6 is 22.7 Å². The van der Waals surface area contributed by atoms with Gasteiger partial charge in [0.25, 0.3) is 5.91 Å². The third-order valence-corrected chi connectivity index (χ3v) is 5.31. The molecule has 1 unspecified atom stereocenters. The van der Waals surface area contributed by atoms with Gasteiger partial charge in [-0.3, -0.25) is 19.5 Å². The third-order valence-electron chi connectivity index (χ3n) is 3.75. The first-order chi connectivity index (χ1) is 12.2. The summed E-state index contributed by atoms with van der Waals surface area (Å²) in [6.07, 6.45) is 3.16. The summed E-state index contributed by atoms with van der Waals surface area (Å²) in [5.74, 6) is -1.63. The largest absolute Gasteiger partial charge is 0.503 e. The molecule has 0 saturated heterocycles. The van der Waals surface area contributed by atoms with Gasteiger partial charge in [-0.2, -0.15) is 0 Å². The van der Waals surface area contributed by atoms with Gasteiger partial charge in [0.2, 0.25) is 10.9 Å². The van der Waals surface area contributed by atoms with Crippen LogP contribution in [-0.2, 0) is 4.79 Å². The van der Waals surface area contributed by atoms with Crippen molar-refractivity contribution in [2.24, 2.45) is 0 Å². The standard InChI is InChI=1S/C16H10N4O3S2/c21-13(10-4-2-6-24-10)11-12(9-3-1-5-17-7-9)20(15(23)14(11)22)16-19-18-8-25-16/h1-8,12,22H. The van der Waals surface area contributed by atoms with E-state index < -0.39 is 17.7 Å². The van der Waals surface area contributed by atoms with E-state index in [9.17, 15) is 14.7 Å². The number of carbonyl (C=O) groups excluding carboxylic acids is 2. The van der Waals surface area contributed by atoms with E-state index in [0.29, 0.717) is 15.6 Å². The van der Waals surface area contributed by atoms with Crippen molar-refractivity contribution in [2.45, 2.75) is 6.04 Å². The fourth-order valence-corrected chi connectivity index (χ4v) is 3.96. The molecule has 4 heterocycles. The maximum Gasteiger partial charge on any atom is 0.296 e. The molecule has 9 heteroatoms. The van der Waals surface area contributed by atoms with Crippen molar-refractivity contribution in [1.82, 2.24) is 15.2 Å². The molecule has 1 N–H and O–H groups in total. The Bertz CT molecular complexity index is 953. The molecule has 1 aliphatic heterocycles. The quantitative estimate of drug-likeness (QED) is 0.710. The molecule has 1 aliphatic rings. The number of anilines is 1. The number of Topliss-reactive ketones (excluding diaryl/α,β-unsaturated/α-hetero) is 1. The average Bonchev–Trinajstić information content (AvgIpc) is 3.37. The second kappa shape index (κ2) is 6.19. The molecule has 0 bridgehead atoms. The van der Waals surface area contributed by atoms with Crippen LogP contribution in [0.15, 0.2) is 58.9 Å². The minimum Gasteiger partial charge on any atom is -0.503 e. The molecule has 3 aromatic heterocycles. The Morgan fingerprint density at radius 1 is 1.24 bits per heavy atom. The molecule has 0 saturated carbocycles. The van der Waals surface area contributed by atoms with E-state index in [1.807, 2.05) is 0 Å². The summed E-state index contributed by atoms with van der Waals surface area (Å²) in [6.45, 7) is 0. The van der Waals surface area contributed by atoms with Gasteiger partial charge in [0.1, 0.15) is 5.51 Å². The van der Waals surface area contributed by atoms with Crippen molar-refractivity contribution in [3.8, 4) is 0 Å². The SMILES string of the molecule is O=C(C1=C(O)C(=O)N(c2nncs2)C1c1cccnc1)c1cccs1. The molecular formula is C16H10N4O3S2. The fourth-order valence-electron chi connectivity index (χ4n) is 2.70. The number of amides is 1. The minimum absolute atomic E-state index is 0.0238. The lowest BCUT2D eigenvalue weighted by Crippen LogP contribution is -2.31. The summed E-state index contributed by atoms with van der Waals surface area (Å²) in [5.41, 5.74) is 2.12. The number of hydrogen-bond donors (Lipinski definition) is 1. The molecular weight excluding hydrogens is 360 g/mol. The topological polar surface area (TPSA) is 96.3 Å². The average molecular weight is 370 g/mol. The van der Waals surface area contributed by atoms with E-state index in [0.717, 1.165) is 11.3 Å². The molecule has 0 fully saturated rings. The molecule has 0 radical (unpaired) electrons. The van der Waals surface area contributed by atoms with E-state index in [1.54, 1.807) is 42.0 Å². The molecule has 0 aliphatic carbocycles. The van der Waals surface area contributed by atoms with Gasteiger partial charge in [-0.25, -0.2) is 0 Å². The Balaban J connectivity index is 1.88. The maximum atomic E-state index is 12.9. The minimum atomic E-state index is -0.802. The number of pyridine rings is 1. The van der Waals surface area contributed by atoms with Crippen LogP contribution in [0.2, 0.25) is 0 Å². The van der Waals surface area contributed by atoms with Gasteiger partial charge < -0.3 is 5.11 Å². The zero-order chi connectivity index (χ0) is 17.4. The highest BCUT2D eigenvalue weighted by Crippen LogP contribution is 2.42. The Labute approximate surface area is 149 Å². The number of aliphatic hydroxyl groups is 1. The first kappa shape index (κ1) is 15.6. The summed E-state index contributed by atoms with van der Waals surface area (Å²) < 4.78 is 0. The summed E-state index contributed by atoms with van der Waals surface area (Å²) in [4.78, 5) is 31.4. The Morgan fingerprint density at radius 2 is 2.12 bits per heavy atom. The molecule has 0 spiro atoms. The lowest BCUT2D eigenvalue weighted by molar-refractivity contribution is -0.117. The predicted molar refractivity (Wildman–Crippen MR) is 92.7 cm³/mol. The van der Waals surface area contributed by atoms with Crippen LogP contribution in [-0.4, -0.2) is 32.0 Å². The molecule has 124 valence electrons. The Kier molecular flexibility index (Phi) is 3.86. The van der Waals surface area contributed by atoms with Crippen molar-refractivity contribution in [2.75, 3.05) is 4.90 Å². The number of thiophene rings is 1. The zero-order valence-corrected chi connectivity index (χ0v) is 14.2. The number of carbonyl (C=O) groups is 2. The van der Waals surface area contributed by atoms with Crippen molar-refractivity contribution in [1.29, 1.82) is 0 Å². The highest BCUT2D eigenvalue weighted by molar-refractivity contribution is 7.13. The normalized spacial score (nSPS) is 17.4. The first-order valence-corrected chi connectivity index (χ1v) is 8.95. The van der Waals surface area contributed by atoms with Gasteiger partial charge in [0, 0.05) is 12.4 Å². The number of rotatable bonds is 4. The molecule has 4 rings (SSSR count). The Morgan fingerprint density at radius 3 is 2.76 bits per heavy atom. The van der Waals surface area contributed by atoms with E-state index in [2.05, 4.69) is 15.2 Å². The second-order valence-electron chi connectivity index (χ2n) is 5.15. The summed E-state index contributed by atoms with van der Waals surface area (Å²) >= 11 is 2.40. The lowest BCUT2D eigenvalue weighted by atomic mass is 9.97. The highest BCUT2D eigenvalue weighted by atomic mass is 32.1. The summed E-state index contributed by atoms with van der Waals surface area (Å²) in [5, 5.41) is 20.2. The number of ketones is 1. The highest BCUT2D eigenvalue weighted by Gasteiger charge is 2.46. The Hall–Kier alpha value is -2.91. The van der Waals surface area contributed by atoms with Gasteiger partial charge in [0.15, 0.2) is 5.76 Å². The molecule has 1 amide bonds. The zero-order valence-electron chi connectivity index (χ0n) is 12.6. The second-order valence-corrected chi connectivity index (χ2v) is 6.91. The summed E-state index contributed by atoms with van der Waals surface area (Å²) in [6, 6.07) is 6.06. The fraction of sp³-hybridized carbons (Fsp3) is 0.0625. The van der Waals surface area contributed by atoms with Crippen molar-refractivity contribution in [3.05, 3.63) is 69.3 Å². The predicted octanol–water partition coefficient (Wildman–Crippen LogP) is 2.78. The van der Waals surface area contributed by atoms with E-state index in [4.69, 9.17) is 0 Å². The molecule has 25 heavy (non-hydrogen) atoms. The van der Waals surface area contributed by atoms with Gasteiger partial charge in [0.05, 0.1) is 16.5 Å². The molecule has 1 atom stereocenters. The van der Waals surface area contributed by atoms with E-state index in [-0.39, 0.29) is 11.4 Å². The first-order valence-electron chi connectivity index (χ1n) is 7.19. The van der Waals surface area contributed by atoms with Gasteiger partial charge >= 0.3 is 0 Å².